The summed E-state index contributed by atoms with van der Waals surface area (Å²) in [4.78, 5) is 41.2. The van der Waals surface area contributed by atoms with E-state index in [1.807, 2.05) is 11.8 Å². The van der Waals surface area contributed by atoms with E-state index >= 15 is 0 Å². The molecule has 1 aromatic rings. The maximum absolute atomic E-state index is 12.4. The van der Waals surface area contributed by atoms with E-state index in [-0.39, 0.29) is 12.5 Å². The van der Waals surface area contributed by atoms with Gasteiger partial charge in [-0.3, -0.25) is 24.8 Å². The molecule has 164 valence electrons. The second-order valence-corrected chi connectivity index (χ2v) is 8.74. The Kier molecular flexibility index (Phi) is 6.77. The molecule has 2 N–H and O–H groups in total. The van der Waals surface area contributed by atoms with Crippen molar-refractivity contribution in [2.45, 2.75) is 52.1 Å². The van der Waals surface area contributed by atoms with Gasteiger partial charge in [0.15, 0.2) is 0 Å². The van der Waals surface area contributed by atoms with Crippen LogP contribution in [0.15, 0.2) is 24.3 Å². The second kappa shape index (κ2) is 9.14. The molecule has 4 amide bonds. The van der Waals surface area contributed by atoms with Crippen molar-refractivity contribution in [2.75, 3.05) is 32.7 Å². The standard InChI is InChI=1S/C22H33N5O3/c1-5-22(4)20(29)27(21(30)23-22)24-19(28)15-26-12-10-25(11-13-26)14-17-6-8-18(9-7-17)16(2)3/h6-9,16H,5,10-15H2,1-4H3,(H,23,30)(H,24,28)/t22-/m1/s1. The van der Waals surface area contributed by atoms with Crippen LogP contribution in [0.2, 0.25) is 0 Å². The molecule has 0 aromatic heterocycles. The van der Waals surface area contributed by atoms with Crippen molar-refractivity contribution in [3.05, 3.63) is 35.4 Å². The second-order valence-electron chi connectivity index (χ2n) is 8.74. The predicted molar refractivity (Wildman–Crippen MR) is 114 cm³/mol. The molecular weight excluding hydrogens is 382 g/mol. The zero-order valence-electron chi connectivity index (χ0n) is 18.4. The first kappa shape index (κ1) is 22.2. The van der Waals surface area contributed by atoms with Crippen LogP contribution in [0.1, 0.15) is 51.2 Å². The smallest absolute Gasteiger partial charge is 0.322 e. The predicted octanol–water partition coefficient (Wildman–Crippen LogP) is 1.68. The Labute approximate surface area is 178 Å². The number of nitrogens with one attached hydrogen (secondary N) is 2. The summed E-state index contributed by atoms with van der Waals surface area (Å²) in [6.45, 7) is 12.2. The first-order chi connectivity index (χ1) is 14.2. The van der Waals surface area contributed by atoms with Gasteiger partial charge < -0.3 is 5.32 Å². The van der Waals surface area contributed by atoms with Gasteiger partial charge in [0.2, 0.25) is 0 Å². The van der Waals surface area contributed by atoms with Crippen molar-refractivity contribution in [1.82, 2.24) is 25.6 Å². The van der Waals surface area contributed by atoms with Gasteiger partial charge in [-0.25, -0.2) is 4.79 Å². The summed E-state index contributed by atoms with van der Waals surface area (Å²) in [5.74, 6) is -0.236. The van der Waals surface area contributed by atoms with Crippen molar-refractivity contribution >= 4 is 17.8 Å². The molecule has 2 fully saturated rings. The molecule has 0 saturated carbocycles. The number of hydrogen-bond donors (Lipinski definition) is 2. The van der Waals surface area contributed by atoms with Gasteiger partial charge >= 0.3 is 6.03 Å². The monoisotopic (exact) mass is 415 g/mol. The average molecular weight is 416 g/mol. The number of nitrogens with zero attached hydrogens (tertiary/aromatic N) is 3. The molecule has 0 radical (unpaired) electrons. The molecule has 3 rings (SSSR count). The Morgan fingerprint density at radius 2 is 1.70 bits per heavy atom. The van der Waals surface area contributed by atoms with Crippen LogP contribution in [0.4, 0.5) is 4.79 Å². The Morgan fingerprint density at radius 3 is 2.23 bits per heavy atom. The van der Waals surface area contributed by atoms with E-state index in [0.29, 0.717) is 12.3 Å². The Morgan fingerprint density at radius 1 is 1.10 bits per heavy atom. The van der Waals surface area contributed by atoms with Crippen LogP contribution in [0, 0.1) is 0 Å². The number of carbonyl (C=O) groups excluding carboxylic acids is 3. The van der Waals surface area contributed by atoms with E-state index in [2.05, 4.69) is 53.8 Å². The molecule has 0 spiro atoms. The average Bonchev–Trinajstić information content (AvgIpc) is 2.93. The third-order valence-electron chi connectivity index (χ3n) is 6.09. The third kappa shape index (κ3) is 4.99. The highest BCUT2D eigenvalue weighted by Crippen LogP contribution is 2.19. The summed E-state index contributed by atoms with van der Waals surface area (Å²) in [5.41, 5.74) is 4.14. The molecule has 0 bridgehead atoms. The lowest BCUT2D eigenvalue weighted by Crippen LogP contribution is -2.53. The number of hydrogen-bond acceptors (Lipinski definition) is 5. The van der Waals surface area contributed by atoms with E-state index in [9.17, 15) is 14.4 Å². The first-order valence-corrected chi connectivity index (χ1v) is 10.7. The summed E-state index contributed by atoms with van der Waals surface area (Å²) in [5, 5.41) is 3.44. The van der Waals surface area contributed by atoms with Gasteiger partial charge in [0.1, 0.15) is 5.54 Å². The van der Waals surface area contributed by atoms with Crippen LogP contribution in [0.25, 0.3) is 0 Å². The first-order valence-electron chi connectivity index (χ1n) is 10.7. The normalized spacial score (nSPS) is 23.2. The van der Waals surface area contributed by atoms with Crippen molar-refractivity contribution in [1.29, 1.82) is 0 Å². The van der Waals surface area contributed by atoms with Crippen LogP contribution in [0.5, 0.6) is 0 Å². The van der Waals surface area contributed by atoms with Gasteiger partial charge in [0, 0.05) is 32.7 Å². The maximum atomic E-state index is 12.4. The fourth-order valence-electron chi connectivity index (χ4n) is 3.76. The number of carbonyl (C=O) groups is 3. The number of benzene rings is 1. The van der Waals surface area contributed by atoms with Crippen LogP contribution >= 0.6 is 0 Å². The van der Waals surface area contributed by atoms with Crippen molar-refractivity contribution < 1.29 is 14.4 Å². The summed E-state index contributed by atoms with van der Waals surface area (Å²) in [6, 6.07) is 8.19. The van der Waals surface area contributed by atoms with Gasteiger partial charge in [0.05, 0.1) is 6.54 Å². The van der Waals surface area contributed by atoms with Gasteiger partial charge in [-0.05, 0) is 30.4 Å². The minimum atomic E-state index is -0.955. The molecule has 8 heteroatoms. The van der Waals surface area contributed by atoms with E-state index in [0.717, 1.165) is 37.7 Å². The molecular formula is C22H33N5O3. The summed E-state index contributed by atoms with van der Waals surface area (Å²) in [7, 11) is 0. The Bertz CT molecular complexity index is 786. The zero-order chi connectivity index (χ0) is 21.9. The molecule has 2 heterocycles. The topological polar surface area (TPSA) is 85.0 Å². The number of piperazine rings is 1. The highest BCUT2D eigenvalue weighted by atomic mass is 16.2. The minimum Gasteiger partial charge on any atom is -0.322 e. The van der Waals surface area contributed by atoms with E-state index < -0.39 is 17.5 Å². The summed E-state index contributed by atoms with van der Waals surface area (Å²) >= 11 is 0. The van der Waals surface area contributed by atoms with Gasteiger partial charge in [-0.2, -0.15) is 5.01 Å². The molecule has 30 heavy (non-hydrogen) atoms. The lowest BCUT2D eigenvalue weighted by Gasteiger charge is -2.34. The minimum absolute atomic E-state index is 0.164. The lowest BCUT2D eigenvalue weighted by molar-refractivity contribution is -0.139. The molecule has 2 aliphatic heterocycles. The van der Waals surface area contributed by atoms with Crippen molar-refractivity contribution in [2.24, 2.45) is 0 Å². The van der Waals surface area contributed by atoms with Gasteiger partial charge in [-0.1, -0.05) is 45.0 Å². The number of rotatable bonds is 7. The molecule has 1 aromatic carbocycles. The van der Waals surface area contributed by atoms with Crippen LogP contribution in [-0.2, 0) is 16.1 Å². The number of urea groups is 1. The highest BCUT2D eigenvalue weighted by Gasteiger charge is 2.47. The molecule has 0 unspecified atom stereocenters. The largest absolute Gasteiger partial charge is 0.344 e. The van der Waals surface area contributed by atoms with E-state index in [4.69, 9.17) is 0 Å². The summed E-state index contributed by atoms with van der Waals surface area (Å²) in [6.07, 6.45) is 0.464. The fraction of sp³-hybridized carbons (Fsp3) is 0.591. The summed E-state index contributed by atoms with van der Waals surface area (Å²) < 4.78 is 0. The number of imide groups is 1. The van der Waals surface area contributed by atoms with E-state index in [1.54, 1.807) is 6.92 Å². The van der Waals surface area contributed by atoms with Crippen LogP contribution in [-0.4, -0.2) is 70.9 Å². The maximum Gasteiger partial charge on any atom is 0.344 e. The molecule has 1 atom stereocenters. The van der Waals surface area contributed by atoms with Gasteiger partial charge in [-0.15, -0.1) is 0 Å². The van der Waals surface area contributed by atoms with E-state index in [1.165, 1.54) is 11.1 Å². The van der Waals surface area contributed by atoms with Crippen molar-refractivity contribution in [3.8, 4) is 0 Å². The molecule has 8 nitrogen and oxygen atoms in total. The van der Waals surface area contributed by atoms with Gasteiger partial charge in [0.25, 0.3) is 11.8 Å². The Balaban J connectivity index is 1.44. The molecule has 2 aliphatic rings. The van der Waals surface area contributed by atoms with Crippen molar-refractivity contribution in [3.63, 3.8) is 0 Å². The third-order valence-corrected chi connectivity index (χ3v) is 6.09. The van der Waals surface area contributed by atoms with Crippen LogP contribution < -0.4 is 10.7 Å². The Hall–Kier alpha value is -2.45. The fourth-order valence-corrected chi connectivity index (χ4v) is 3.76. The van der Waals surface area contributed by atoms with Crippen LogP contribution in [0.3, 0.4) is 0 Å². The molecule has 0 aliphatic carbocycles. The number of amides is 4. The SMILES string of the molecule is CC[C@@]1(C)NC(=O)N(NC(=O)CN2CCN(Cc3ccc(C(C)C)cc3)CC2)C1=O. The zero-order valence-corrected chi connectivity index (χ0v) is 18.4. The number of hydrazine groups is 1. The lowest BCUT2D eigenvalue weighted by atomic mass is 10.00. The quantitative estimate of drug-likeness (QED) is 0.662. The molecule has 2 saturated heterocycles. The highest BCUT2D eigenvalue weighted by molar-refractivity contribution is 6.07.